The van der Waals surface area contributed by atoms with Crippen LogP contribution in [0.1, 0.15) is 42.1 Å². The molecule has 9 heteroatoms. The first kappa shape index (κ1) is 27.2. The number of ether oxygens (including phenoxy) is 2. The van der Waals surface area contributed by atoms with Gasteiger partial charge in [-0.3, -0.25) is 9.10 Å². The molecule has 1 fully saturated rings. The summed E-state index contributed by atoms with van der Waals surface area (Å²) in [7, 11) is -2.53. The second kappa shape index (κ2) is 12.1. The van der Waals surface area contributed by atoms with Crippen molar-refractivity contribution in [2.24, 2.45) is 0 Å². The Morgan fingerprint density at radius 2 is 1.71 bits per heavy atom. The van der Waals surface area contributed by atoms with Gasteiger partial charge in [-0.05, 0) is 74.2 Å². The zero-order chi connectivity index (χ0) is 27.1. The van der Waals surface area contributed by atoms with E-state index in [1.54, 1.807) is 36.3 Å². The number of hydrogen-bond acceptors (Lipinski definition) is 6. The molecule has 200 valence electrons. The second-order valence-electron chi connectivity index (χ2n) is 9.23. The molecule has 3 aromatic carbocycles. The molecular formula is C29H32N2O6S. The molecule has 0 spiro atoms. The Bertz CT molecular complexity index is 1360. The predicted octanol–water partition coefficient (Wildman–Crippen LogP) is 4.65. The number of methoxy groups -OCH3 is 1. The number of hydrogen-bond donors (Lipinski definition) is 0. The number of anilines is 1. The maximum Gasteiger partial charge on any atom is 0.338 e. The van der Waals surface area contributed by atoms with Crippen molar-refractivity contribution in [2.75, 3.05) is 24.6 Å². The lowest BCUT2D eigenvalue weighted by atomic mass is 10.0. The molecule has 1 amide bonds. The van der Waals surface area contributed by atoms with Crippen LogP contribution in [-0.4, -0.2) is 51.5 Å². The lowest BCUT2D eigenvalue weighted by Gasteiger charge is -2.33. The van der Waals surface area contributed by atoms with Gasteiger partial charge in [-0.1, -0.05) is 36.4 Å². The number of sulfonamides is 1. The summed E-state index contributed by atoms with van der Waals surface area (Å²) in [6.45, 7) is 2.34. The average Bonchev–Trinajstić information content (AvgIpc) is 2.95. The van der Waals surface area contributed by atoms with E-state index in [9.17, 15) is 18.0 Å². The average molecular weight is 537 g/mol. The predicted molar refractivity (Wildman–Crippen MR) is 145 cm³/mol. The largest absolute Gasteiger partial charge is 0.497 e. The topological polar surface area (TPSA) is 93.2 Å². The summed E-state index contributed by atoms with van der Waals surface area (Å²) < 4.78 is 39.5. The fourth-order valence-electron chi connectivity index (χ4n) is 4.49. The molecule has 0 aliphatic carbocycles. The molecular weight excluding hydrogens is 504 g/mol. The molecule has 1 unspecified atom stereocenters. The molecule has 0 bridgehead atoms. The summed E-state index contributed by atoms with van der Waals surface area (Å²) in [6.07, 6.45) is 2.93. The van der Waals surface area contributed by atoms with E-state index in [0.717, 1.165) is 24.8 Å². The van der Waals surface area contributed by atoms with Crippen molar-refractivity contribution in [3.05, 3.63) is 90.0 Å². The Morgan fingerprint density at radius 3 is 2.39 bits per heavy atom. The first-order valence-electron chi connectivity index (χ1n) is 12.6. The van der Waals surface area contributed by atoms with Crippen LogP contribution in [-0.2, 0) is 26.1 Å². The Morgan fingerprint density at radius 1 is 0.974 bits per heavy atom. The monoisotopic (exact) mass is 536 g/mol. The van der Waals surface area contributed by atoms with Crippen LogP contribution in [0, 0.1) is 0 Å². The van der Waals surface area contributed by atoms with E-state index in [4.69, 9.17) is 9.47 Å². The fraction of sp³-hybridized carbons (Fsp3) is 0.310. The van der Waals surface area contributed by atoms with Crippen molar-refractivity contribution in [3.63, 3.8) is 0 Å². The quantitative estimate of drug-likeness (QED) is 0.370. The minimum absolute atomic E-state index is 0.0555. The van der Waals surface area contributed by atoms with Crippen LogP contribution >= 0.6 is 0 Å². The first-order valence-corrected chi connectivity index (χ1v) is 14.0. The van der Waals surface area contributed by atoms with E-state index in [-0.39, 0.29) is 35.6 Å². The maximum absolute atomic E-state index is 13.9. The number of rotatable bonds is 9. The van der Waals surface area contributed by atoms with Crippen LogP contribution in [0.4, 0.5) is 5.69 Å². The van der Waals surface area contributed by atoms with E-state index in [0.29, 0.717) is 18.0 Å². The van der Waals surface area contributed by atoms with E-state index < -0.39 is 16.0 Å². The SMILES string of the molecule is COc1ccc(N(Cc2ccccc2)S(=O)(=O)c2cccc(C(=O)OCC(=O)N3CCCCC3C)c2)cc1. The van der Waals surface area contributed by atoms with E-state index in [1.165, 1.54) is 28.6 Å². The molecule has 1 aliphatic rings. The molecule has 1 atom stereocenters. The number of likely N-dealkylation sites (tertiary alicyclic amines) is 1. The summed E-state index contributed by atoms with van der Waals surface area (Å²) in [4.78, 5) is 27.0. The highest BCUT2D eigenvalue weighted by atomic mass is 32.2. The third-order valence-corrected chi connectivity index (χ3v) is 8.41. The third-order valence-electron chi connectivity index (χ3n) is 6.64. The van der Waals surface area contributed by atoms with Crippen LogP contribution in [0.2, 0.25) is 0 Å². The van der Waals surface area contributed by atoms with E-state index in [1.807, 2.05) is 37.3 Å². The highest BCUT2D eigenvalue weighted by Gasteiger charge is 2.27. The van der Waals surface area contributed by atoms with Crippen LogP contribution in [0.3, 0.4) is 0 Å². The molecule has 1 aliphatic heterocycles. The first-order chi connectivity index (χ1) is 18.3. The molecule has 38 heavy (non-hydrogen) atoms. The third kappa shape index (κ3) is 6.34. The summed E-state index contributed by atoms with van der Waals surface area (Å²) in [5.74, 6) is -0.397. The summed E-state index contributed by atoms with van der Waals surface area (Å²) in [6, 6.07) is 21.8. The van der Waals surface area contributed by atoms with Crippen LogP contribution < -0.4 is 9.04 Å². The maximum atomic E-state index is 13.9. The molecule has 0 N–H and O–H groups in total. The second-order valence-corrected chi connectivity index (χ2v) is 11.1. The van der Waals surface area contributed by atoms with Crippen molar-refractivity contribution in [2.45, 2.75) is 43.7 Å². The fourth-order valence-corrected chi connectivity index (χ4v) is 5.98. The molecule has 0 radical (unpaired) electrons. The summed E-state index contributed by atoms with van der Waals surface area (Å²) in [5, 5.41) is 0. The van der Waals surface area contributed by atoms with Gasteiger partial charge < -0.3 is 14.4 Å². The highest BCUT2D eigenvalue weighted by molar-refractivity contribution is 7.92. The van der Waals surface area contributed by atoms with Gasteiger partial charge in [-0.25, -0.2) is 13.2 Å². The normalized spacial score (nSPS) is 15.5. The van der Waals surface area contributed by atoms with Gasteiger partial charge in [0.1, 0.15) is 5.75 Å². The Balaban J connectivity index is 1.56. The molecule has 8 nitrogen and oxygen atoms in total. The van der Waals surface area contributed by atoms with Crippen molar-refractivity contribution in [1.82, 2.24) is 4.90 Å². The molecule has 4 rings (SSSR count). The van der Waals surface area contributed by atoms with Crippen molar-refractivity contribution in [1.29, 1.82) is 0 Å². The van der Waals surface area contributed by atoms with Crippen molar-refractivity contribution >= 4 is 27.6 Å². The molecule has 0 saturated carbocycles. The van der Waals surface area contributed by atoms with Gasteiger partial charge in [0, 0.05) is 12.6 Å². The number of carbonyl (C=O) groups is 2. The minimum atomic E-state index is -4.07. The standard InChI is InChI=1S/C29H32N2O6S/c1-22-9-6-7-18-30(22)28(32)21-37-29(33)24-12-8-13-27(19-24)38(34,35)31(20-23-10-4-3-5-11-23)25-14-16-26(36-2)17-15-25/h3-5,8,10-17,19,22H,6-7,9,18,20-21H2,1-2H3. The number of amides is 1. The van der Waals surface area contributed by atoms with Crippen LogP contribution in [0.25, 0.3) is 0 Å². The molecule has 3 aromatic rings. The number of piperidine rings is 1. The van der Waals surface area contributed by atoms with Gasteiger partial charge in [0.2, 0.25) is 0 Å². The molecule has 0 aromatic heterocycles. The smallest absolute Gasteiger partial charge is 0.338 e. The van der Waals surface area contributed by atoms with Gasteiger partial charge in [0.15, 0.2) is 6.61 Å². The van der Waals surface area contributed by atoms with Crippen molar-refractivity contribution < 1.29 is 27.5 Å². The summed E-state index contributed by atoms with van der Waals surface area (Å²) >= 11 is 0. The van der Waals surface area contributed by atoms with Gasteiger partial charge in [0.25, 0.3) is 15.9 Å². The number of benzene rings is 3. The van der Waals surface area contributed by atoms with Crippen LogP contribution in [0.5, 0.6) is 5.75 Å². The van der Waals surface area contributed by atoms with Gasteiger partial charge in [0.05, 0.1) is 29.8 Å². The van der Waals surface area contributed by atoms with E-state index in [2.05, 4.69) is 0 Å². The van der Waals surface area contributed by atoms with Gasteiger partial charge in [-0.15, -0.1) is 0 Å². The minimum Gasteiger partial charge on any atom is -0.497 e. The molecule has 1 heterocycles. The Kier molecular flexibility index (Phi) is 8.68. The Hall–Kier alpha value is -3.85. The Labute approximate surface area is 223 Å². The molecule has 1 saturated heterocycles. The summed E-state index contributed by atoms with van der Waals surface area (Å²) in [5.41, 5.74) is 1.30. The zero-order valence-electron chi connectivity index (χ0n) is 21.6. The number of nitrogens with zero attached hydrogens (tertiary/aromatic N) is 2. The highest BCUT2D eigenvalue weighted by Crippen LogP contribution is 2.28. The van der Waals surface area contributed by atoms with Gasteiger partial charge in [-0.2, -0.15) is 0 Å². The number of esters is 1. The zero-order valence-corrected chi connectivity index (χ0v) is 22.4. The lowest BCUT2D eigenvalue weighted by Crippen LogP contribution is -2.44. The van der Waals surface area contributed by atoms with Crippen LogP contribution in [0.15, 0.2) is 83.8 Å². The van der Waals surface area contributed by atoms with Gasteiger partial charge >= 0.3 is 5.97 Å². The lowest BCUT2D eigenvalue weighted by molar-refractivity contribution is -0.137. The number of carbonyl (C=O) groups excluding carboxylic acids is 2. The van der Waals surface area contributed by atoms with E-state index >= 15 is 0 Å². The van der Waals surface area contributed by atoms with Crippen molar-refractivity contribution in [3.8, 4) is 5.75 Å².